The number of carbonyl (C=O) groups excluding carboxylic acids is 2. The number of likely N-dealkylation sites (tertiary alicyclic amines) is 2. The molecule has 0 N–H and O–H groups in total. The first-order chi connectivity index (χ1) is 12.6. The predicted octanol–water partition coefficient (Wildman–Crippen LogP) is 1.59. The van der Waals surface area contributed by atoms with Crippen molar-refractivity contribution >= 4 is 11.8 Å². The molecule has 0 aliphatic carbocycles. The van der Waals surface area contributed by atoms with Gasteiger partial charge < -0.3 is 19.3 Å². The van der Waals surface area contributed by atoms with E-state index < -0.39 is 0 Å². The lowest BCUT2D eigenvalue weighted by atomic mass is 10.0. The number of rotatable bonds is 4. The van der Waals surface area contributed by atoms with Crippen molar-refractivity contribution in [3.05, 3.63) is 30.1 Å². The van der Waals surface area contributed by atoms with Crippen LogP contribution in [-0.4, -0.2) is 66.1 Å². The summed E-state index contributed by atoms with van der Waals surface area (Å²) in [4.78, 5) is 28.9. The van der Waals surface area contributed by atoms with Crippen LogP contribution in [0.3, 0.4) is 0 Å². The number of halogens is 1. The van der Waals surface area contributed by atoms with Gasteiger partial charge in [0.05, 0.1) is 12.1 Å². The highest BCUT2D eigenvalue weighted by Crippen LogP contribution is 2.36. The molecule has 0 aromatic heterocycles. The minimum atomic E-state index is -0.344. The molecule has 6 nitrogen and oxygen atoms in total. The number of ether oxygens (including phenoxy) is 2. The number of amides is 2. The van der Waals surface area contributed by atoms with Gasteiger partial charge in [0.1, 0.15) is 11.6 Å². The summed E-state index contributed by atoms with van der Waals surface area (Å²) in [6.45, 7) is 1.94. The molecule has 0 saturated carbocycles. The lowest BCUT2D eigenvalue weighted by Gasteiger charge is -2.35. The summed E-state index contributed by atoms with van der Waals surface area (Å²) in [5, 5.41) is 0. The number of fused-ring (bicyclic) bond motifs is 1. The van der Waals surface area contributed by atoms with E-state index >= 15 is 0 Å². The number of hydrogen-bond donors (Lipinski definition) is 0. The molecule has 0 spiro atoms. The Hall–Kier alpha value is -2.15. The molecule has 3 aliphatic rings. The highest BCUT2D eigenvalue weighted by Gasteiger charge is 2.50. The van der Waals surface area contributed by atoms with Crippen LogP contribution >= 0.6 is 0 Å². The molecule has 2 amide bonds. The van der Waals surface area contributed by atoms with E-state index in [0.29, 0.717) is 31.9 Å². The second-order valence-electron chi connectivity index (χ2n) is 7.10. The van der Waals surface area contributed by atoms with Gasteiger partial charge in [0, 0.05) is 32.2 Å². The molecule has 2 atom stereocenters. The lowest BCUT2D eigenvalue weighted by molar-refractivity contribution is -0.134. The van der Waals surface area contributed by atoms with Gasteiger partial charge in [-0.3, -0.25) is 9.59 Å². The van der Waals surface area contributed by atoms with E-state index in [1.54, 1.807) is 4.90 Å². The maximum absolute atomic E-state index is 12.9. The van der Waals surface area contributed by atoms with Gasteiger partial charge in [0.15, 0.2) is 6.61 Å². The zero-order valence-corrected chi connectivity index (χ0v) is 14.6. The van der Waals surface area contributed by atoms with Crippen molar-refractivity contribution in [1.29, 1.82) is 0 Å². The summed E-state index contributed by atoms with van der Waals surface area (Å²) in [5.74, 6) is 0.137. The summed E-state index contributed by atoms with van der Waals surface area (Å²) >= 11 is 0. The first kappa shape index (κ1) is 17.3. The molecule has 3 heterocycles. The lowest BCUT2D eigenvalue weighted by Crippen LogP contribution is -2.46. The average Bonchev–Trinajstić information content (AvgIpc) is 3.19. The molecule has 26 heavy (non-hydrogen) atoms. The van der Waals surface area contributed by atoms with E-state index in [2.05, 4.69) is 0 Å². The largest absolute Gasteiger partial charge is 0.484 e. The third-order valence-corrected chi connectivity index (χ3v) is 5.62. The third kappa shape index (κ3) is 3.28. The average molecular weight is 362 g/mol. The standard InChI is InChI=1S/C19H23FN2O4/c20-13-1-3-15(4-2-13)26-12-19(24)21-8-5-16-17(21)11-18(23)22(16)14-6-9-25-10-7-14/h1-4,14,16-17H,5-12H2/t16-,17-/m0/s1. The molecule has 0 bridgehead atoms. The van der Waals surface area contributed by atoms with Gasteiger partial charge in [-0.05, 0) is 43.5 Å². The molecule has 4 rings (SSSR count). The molecular weight excluding hydrogens is 339 g/mol. The summed E-state index contributed by atoms with van der Waals surface area (Å²) in [6, 6.07) is 5.88. The predicted molar refractivity (Wildman–Crippen MR) is 91.1 cm³/mol. The SMILES string of the molecule is O=C(COc1ccc(F)cc1)N1CC[C@H]2[C@@H]1CC(=O)N2C1CCOCC1. The van der Waals surface area contributed by atoms with Crippen LogP contribution in [0, 0.1) is 5.82 Å². The van der Waals surface area contributed by atoms with Crippen molar-refractivity contribution in [2.24, 2.45) is 0 Å². The van der Waals surface area contributed by atoms with E-state index in [-0.39, 0.29) is 42.4 Å². The Bertz CT molecular complexity index is 675. The summed E-state index contributed by atoms with van der Waals surface area (Å²) in [7, 11) is 0. The van der Waals surface area contributed by atoms with E-state index in [0.717, 1.165) is 19.3 Å². The van der Waals surface area contributed by atoms with Crippen molar-refractivity contribution in [3.8, 4) is 5.75 Å². The van der Waals surface area contributed by atoms with Crippen molar-refractivity contribution in [1.82, 2.24) is 9.80 Å². The minimum Gasteiger partial charge on any atom is -0.484 e. The Balaban J connectivity index is 1.37. The van der Waals surface area contributed by atoms with Crippen molar-refractivity contribution in [3.63, 3.8) is 0 Å². The Morgan fingerprint density at radius 2 is 1.88 bits per heavy atom. The Kier molecular flexibility index (Phi) is 4.80. The van der Waals surface area contributed by atoms with Crippen LogP contribution in [0.2, 0.25) is 0 Å². The maximum Gasteiger partial charge on any atom is 0.260 e. The Morgan fingerprint density at radius 1 is 1.15 bits per heavy atom. The van der Waals surface area contributed by atoms with E-state index in [1.807, 2.05) is 4.90 Å². The van der Waals surface area contributed by atoms with Crippen LogP contribution < -0.4 is 4.74 Å². The summed E-state index contributed by atoms with van der Waals surface area (Å²) < 4.78 is 23.8. The van der Waals surface area contributed by atoms with Gasteiger partial charge in [-0.1, -0.05) is 0 Å². The minimum absolute atomic E-state index is 0.0605. The van der Waals surface area contributed by atoms with Gasteiger partial charge in [0.25, 0.3) is 5.91 Å². The first-order valence-corrected chi connectivity index (χ1v) is 9.20. The molecule has 1 aromatic rings. The van der Waals surface area contributed by atoms with Gasteiger partial charge in [-0.15, -0.1) is 0 Å². The quantitative estimate of drug-likeness (QED) is 0.816. The van der Waals surface area contributed by atoms with Gasteiger partial charge in [-0.2, -0.15) is 0 Å². The number of benzene rings is 1. The molecule has 140 valence electrons. The number of carbonyl (C=O) groups is 2. The van der Waals surface area contributed by atoms with Crippen molar-refractivity contribution < 1.29 is 23.5 Å². The fraction of sp³-hybridized carbons (Fsp3) is 0.579. The number of hydrogen-bond acceptors (Lipinski definition) is 4. The molecule has 3 saturated heterocycles. The molecule has 7 heteroatoms. The fourth-order valence-electron chi connectivity index (χ4n) is 4.38. The van der Waals surface area contributed by atoms with Crippen LogP contribution in [0.5, 0.6) is 5.75 Å². The zero-order valence-electron chi connectivity index (χ0n) is 14.6. The Morgan fingerprint density at radius 3 is 2.62 bits per heavy atom. The highest BCUT2D eigenvalue weighted by atomic mass is 19.1. The first-order valence-electron chi connectivity index (χ1n) is 9.20. The van der Waals surface area contributed by atoms with Crippen LogP contribution in [0.25, 0.3) is 0 Å². The van der Waals surface area contributed by atoms with Crippen LogP contribution in [-0.2, 0) is 14.3 Å². The van der Waals surface area contributed by atoms with E-state index in [1.165, 1.54) is 24.3 Å². The maximum atomic E-state index is 12.9. The molecule has 3 fully saturated rings. The van der Waals surface area contributed by atoms with E-state index in [4.69, 9.17) is 9.47 Å². The summed E-state index contributed by atoms with van der Waals surface area (Å²) in [6.07, 6.45) is 2.95. The normalized spacial score (nSPS) is 26.3. The van der Waals surface area contributed by atoms with Crippen LogP contribution in [0.1, 0.15) is 25.7 Å². The second-order valence-corrected chi connectivity index (χ2v) is 7.10. The molecular formula is C19H23FN2O4. The van der Waals surface area contributed by atoms with E-state index in [9.17, 15) is 14.0 Å². The number of nitrogens with zero attached hydrogens (tertiary/aromatic N) is 2. The molecule has 3 aliphatic heterocycles. The summed E-state index contributed by atoms with van der Waals surface area (Å²) in [5.41, 5.74) is 0. The zero-order chi connectivity index (χ0) is 18.1. The monoisotopic (exact) mass is 362 g/mol. The van der Waals surface area contributed by atoms with Gasteiger partial charge >= 0.3 is 0 Å². The molecule has 1 aromatic carbocycles. The second kappa shape index (κ2) is 7.23. The molecule has 0 radical (unpaired) electrons. The van der Waals surface area contributed by atoms with Gasteiger partial charge in [-0.25, -0.2) is 4.39 Å². The van der Waals surface area contributed by atoms with Crippen molar-refractivity contribution in [2.75, 3.05) is 26.4 Å². The highest BCUT2D eigenvalue weighted by molar-refractivity contribution is 5.84. The fourth-order valence-corrected chi connectivity index (χ4v) is 4.38. The van der Waals surface area contributed by atoms with Crippen LogP contribution in [0.15, 0.2) is 24.3 Å². The molecule has 0 unspecified atom stereocenters. The van der Waals surface area contributed by atoms with Crippen LogP contribution in [0.4, 0.5) is 4.39 Å². The topological polar surface area (TPSA) is 59.1 Å². The third-order valence-electron chi connectivity index (χ3n) is 5.62. The smallest absolute Gasteiger partial charge is 0.260 e. The Labute approximate surface area is 151 Å². The van der Waals surface area contributed by atoms with Gasteiger partial charge in [0.2, 0.25) is 5.91 Å². The van der Waals surface area contributed by atoms with Crippen molar-refractivity contribution in [2.45, 2.75) is 43.8 Å².